The number of hydrogen-bond acceptors (Lipinski definition) is 5. The lowest BCUT2D eigenvalue weighted by Gasteiger charge is -2.10. The van der Waals surface area contributed by atoms with E-state index in [9.17, 15) is 9.59 Å². The number of unbranched alkanes of at least 4 members (excludes halogenated alkanes) is 2. The number of carboxylic acids is 1. The maximum Gasteiger partial charge on any atom is 0.322 e. The van der Waals surface area contributed by atoms with Gasteiger partial charge in [-0.3, -0.25) is 9.59 Å². The lowest BCUT2D eigenvalue weighted by molar-refractivity contribution is -0.138. The van der Waals surface area contributed by atoms with Gasteiger partial charge in [0.1, 0.15) is 6.54 Å². The van der Waals surface area contributed by atoms with Gasteiger partial charge in [-0.2, -0.15) is 0 Å². The Labute approximate surface area is 114 Å². The van der Waals surface area contributed by atoms with Crippen molar-refractivity contribution in [2.75, 3.05) is 19.6 Å². The van der Waals surface area contributed by atoms with Crippen molar-refractivity contribution in [2.45, 2.75) is 45.1 Å². The highest BCUT2D eigenvalue weighted by Gasteiger charge is 2.12. The molecule has 0 bridgehead atoms. The van der Waals surface area contributed by atoms with Gasteiger partial charge >= 0.3 is 5.97 Å². The summed E-state index contributed by atoms with van der Waals surface area (Å²) in [7, 11) is 0. The minimum atomic E-state index is -1.08. The maximum atomic E-state index is 11.1. The van der Waals surface area contributed by atoms with Crippen molar-refractivity contribution >= 4 is 11.9 Å². The van der Waals surface area contributed by atoms with Crippen molar-refractivity contribution < 1.29 is 14.7 Å². The summed E-state index contributed by atoms with van der Waals surface area (Å²) in [4.78, 5) is 21.2. The van der Waals surface area contributed by atoms with E-state index in [2.05, 4.69) is 12.2 Å². The summed E-state index contributed by atoms with van der Waals surface area (Å²) in [5, 5.41) is 10.5. The molecule has 0 aromatic heterocycles. The summed E-state index contributed by atoms with van der Waals surface area (Å²) >= 11 is 0. The minimum Gasteiger partial charge on any atom is -0.480 e. The number of carboxylic acid groups (broad SMARTS) is 1. The zero-order valence-corrected chi connectivity index (χ0v) is 11.7. The number of nitrogens with one attached hydrogen (secondary N) is 1. The van der Waals surface area contributed by atoms with E-state index in [1.54, 1.807) is 0 Å². The monoisotopic (exact) mass is 276 g/mol. The molecule has 1 amide bonds. The third kappa shape index (κ3) is 16.8. The summed E-state index contributed by atoms with van der Waals surface area (Å²) in [6.45, 7) is 3.16. The van der Waals surface area contributed by atoms with Crippen molar-refractivity contribution in [3.63, 3.8) is 0 Å². The second-order valence-electron chi connectivity index (χ2n) is 4.14. The smallest absolute Gasteiger partial charge is 0.322 e. The van der Waals surface area contributed by atoms with Crippen LogP contribution in [0.2, 0.25) is 0 Å². The molecule has 0 radical (unpaired) electrons. The summed E-state index contributed by atoms with van der Waals surface area (Å²) in [5.41, 5.74) is 15.9. The maximum absolute atomic E-state index is 11.1. The van der Waals surface area contributed by atoms with Gasteiger partial charge in [0.15, 0.2) is 0 Å². The molecule has 0 saturated carbocycles. The second kappa shape index (κ2) is 14.9. The molecule has 7 heteroatoms. The van der Waals surface area contributed by atoms with Crippen LogP contribution in [0.1, 0.15) is 39.0 Å². The van der Waals surface area contributed by atoms with Gasteiger partial charge in [-0.1, -0.05) is 19.8 Å². The molecule has 1 atom stereocenters. The SMILES string of the molecule is CCCCN.NCCCCC(N)C(=O)NCC(=O)O. The fraction of sp³-hybridized carbons (Fsp3) is 0.833. The molecule has 0 rings (SSSR count). The molecular formula is C12H28N4O3. The van der Waals surface area contributed by atoms with Crippen molar-refractivity contribution in [3.05, 3.63) is 0 Å². The van der Waals surface area contributed by atoms with E-state index in [0.29, 0.717) is 13.0 Å². The van der Waals surface area contributed by atoms with Crippen LogP contribution in [0.5, 0.6) is 0 Å². The first kappa shape index (κ1) is 20.1. The highest BCUT2D eigenvalue weighted by Crippen LogP contribution is 1.97. The topological polar surface area (TPSA) is 144 Å². The first-order valence-electron chi connectivity index (χ1n) is 6.64. The van der Waals surface area contributed by atoms with Crippen LogP contribution in [0.4, 0.5) is 0 Å². The molecule has 0 aliphatic rings. The molecule has 0 spiro atoms. The molecule has 19 heavy (non-hydrogen) atoms. The second-order valence-corrected chi connectivity index (χ2v) is 4.14. The van der Waals surface area contributed by atoms with Crippen LogP contribution in [-0.4, -0.2) is 42.7 Å². The molecule has 0 aromatic rings. The van der Waals surface area contributed by atoms with Gasteiger partial charge in [-0.15, -0.1) is 0 Å². The van der Waals surface area contributed by atoms with Crippen molar-refractivity contribution in [1.29, 1.82) is 0 Å². The normalized spacial score (nSPS) is 11.2. The summed E-state index contributed by atoms with van der Waals surface area (Å²) in [6.07, 6.45) is 4.51. The van der Waals surface area contributed by atoms with Gasteiger partial charge in [0.05, 0.1) is 6.04 Å². The zero-order valence-electron chi connectivity index (χ0n) is 11.7. The fourth-order valence-electron chi connectivity index (χ4n) is 1.14. The van der Waals surface area contributed by atoms with E-state index in [1.165, 1.54) is 12.8 Å². The number of amides is 1. The number of aliphatic carboxylic acids is 1. The van der Waals surface area contributed by atoms with Crippen LogP contribution in [0.25, 0.3) is 0 Å². The molecule has 8 N–H and O–H groups in total. The van der Waals surface area contributed by atoms with E-state index >= 15 is 0 Å². The minimum absolute atomic E-state index is 0.385. The highest BCUT2D eigenvalue weighted by atomic mass is 16.4. The zero-order chi connectivity index (χ0) is 15.1. The van der Waals surface area contributed by atoms with Crippen LogP contribution >= 0.6 is 0 Å². The van der Waals surface area contributed by atoms with Gasteiger partial charge in [-0.05, 0) is 32.4 Å². The van der Waals surface area contributed by atoms with Gasteiger partial charge in [-0.25, -0.2) is 0 Å². The molecule has 1 unspecified atom stereocenters. The highest BCUT2D eigenvalue weighted by molar-refractivity contribution is 5.84. The average molecular weight is 276 g/mol. The Hall–Kier alpha value is -1.18. The Bertz CT molecular complexity index is 235. The predicted octanol–water partition coefficient (Wildman–Crippen LogP) is -0.611. The Morgan fingerprint density at radius 3 is 2.11 bits per heavy atom. The van der Waals surface area contributed by atoms with Gasteiger partial charge < -0.3 is 27.6 Å². The average Bonchev–Trinajstić information content (AvgIpc) is 2.37. The van der Waals surface area contributed by atoms with Gasteiger partial charge in [0.2, 0.25) is 5.91 Å². The van der Waals surface area contributed by atoms with E-state index < -0.39 is 17.9 Å². The van der Waals surface area contributed by atoms with Crippen LogP contribution in [0, 0.1) is 0 Å². The third-order valence-electron chi connectivity index (χ3n) is 2.28. The number of hydrogen-bond donors (Lipinski definition) is 5. The van der Waals surface area contributed by atoms with Crippen LogP contribution in [0.15, 0.2) is 0 Å². The molecule has 0 aromatic carbocycles. The van der Waals surface area contributed by atoms with Crippen molar-refractivity contribution in [3.8, 4) is 0 Å². The Morgan fingerprint density at radius 2 is 1.74 bits per heavy atom. The van der Waals surface area contributed by atoms with E-state index in [-0.39, 0.29) is 6.54 Å². The summed E-state index contributed by atoms with van der Waals surface area (Å²) in [5.74, 6) is -1.50. The molecular weight excluding hydrogens is 248 g/mol. The Balaban J connectivity index is 0. The quantitative estimate of drug-likeness (QED) is 0.355. The van der Waals surface area contributed by atoms with E-state index in [4.69, 9.17) is 22.3 Å². The predicted molar refractivity (Wildman–Crippen MR) is 75.5 cm³/mol. The first-order valence-corrected chi connectivity index (χ1v) is 6.64. The molecule has 7 nitrogen and oxygen atoms in total. The summed E-state index contributed by atoms with van der Waals surface area (Å²) < 4.78 is 0. The fourth-order valence-corrected chi connectivity index (χ4v) is 1.14. The first-order chi connectivity index (χ1) is 8.99. The van der Waals surface area contributed by atoms with Crippen molar-refractivity contribution in [1.82, 2.24) is 5.32 Å². The van der Waals surface area contributed by atoms with Gasteiger partial charge in [0, 0.05) is 0 Å². The summed E-state index contributed by atoms with van der Waals surface area (Å²) in [6, 6.07) is -0.638. The molecule has 114 valence electrons. The standard InChI is InChI=1S/C8H17N3O3.C4H11N/c9-4-2-1-3-6(10)8(14)11-5-7(12)13;1-2-3-4-5/h6H,1-5,9-10H2,(H,11,14)(H,12,13);2-5H2,1H3. The van der Waals surface area contributed by atoms with E-state index in [0.717, 1.165) is 19.4 Å². The molecule has 0 fully saturated rings. The third-order valence-corrected chi connectivity index (χ3v) is 2.28. The molecule has 0 aliphatic heterocycles. The molecule has 0 heterocycles. The van der Waals surface area contributed by atoms with E-state index in [1.807, 2.05) is 0 Å². The number of carbonyl (C=O) groups is 2. The van der Waals surface area contributed by atoms with Crippen LogP contribution in [-0.2, 0) is 9.59 Å². The number of nitrogens with two attached hydrogens (primary N) is 3. The van der Waals surface area contributed by atoms with Crippen LogP contribution < -0.4 is 22.5 Å². The Morgan fingerprint density at radius 1 is 1.16 bits per heavy atom. The van der Waals surface area contributed by atoms with Gasteiger partial charge in [0.25, 0.3) is 0 Å². The number of rotatable bonds is 9. The molecule has 0 aliphatic carbocycles. The lowest BCUT2D eigenvalue weighted by Crippen LogP contribution is -2.42. The molecule has 0 saturated heterocycles. The Kier molecular flexibility index (Phi) is 15.8. The van der Waals surface area contributed by atoms with Crippen molar-refractivity contribution in [2.24, 2.45) is 17.2 Å². The van der Waals surface area contributed by atoms with Crippen LogP contribution in [0.3, 0.4) is 0 Å². The lowest BCUT2D eigenvalue weighted by atomic mass is 10.1. The largest absolute Gasteiger partial charge is 0.480 e. The number of carbonyl (C=O) groups excluding carboxylic acids is 1.